The Labute approximate surface area is 141 Å². The monoisotopic (exact) mass is 346 g/mol. The summed E-state index contributed by atoms with van der Waals surface area (Å²) >= 11 is -3.49. The molecule has 0 aromatic carbocycles. The van der Waals surface area contributed by atoms with E-state index in [4.69, 9.17) is 9.96 Å². The molecule has 0 N–H and O–H groups in total. The summed E-state index contributed by atoms with van der Waals surface area (Å²) in [4.78, 5) is 0. The van der Waals surface area contributed by atoms with E-state index < -0.39 is 17.8 Å². The molecular formula is C18H34O3Ti. The molecule has 1 aliphatic carbocycles. The third-order valence-electron chi connectivity index (χ3n) is 3.20. The molecule has 0 bridgehead atoms. The molecule has 0 aromatic heterocycles. The van der Waals surface area contributed by atoms with Crippen LogP contribution in [0.5, 0.6) is 0 Å². The molecule has 0 saturated carbocycles. The second kappa shape index (κ2) is 8.79. The van der Waals surface area contributed by atoms with Crippen LogP contribution in [0.3, 0.4) is 0 Å². The normalized spacial score (nSPS) is 16.2. The van der Waals surface area contributed by atoms with Gasteiger partial charge in [0.1, 0.15) is 0 Å². The second-order valence-corrected chi connectivity index (χ2v) is 11.0. The molecule has 0 saturated heterocycles. The van der Waals surface area contributed by atoms with Gasteiger partial charge in [0.25, 0.3) is 0 Å². The predicted molar refractivity (Wildman–Crippen MR) is 88.9 cm³/mol. The molecule has 0 spiro atoms. The van der Waals surface area contributed by atoms with E-state index in [1.807, 2.05) is 0 Å². The first-order valence-electron chi connectivity index (χ1n) is 8.58. The van der Waals surface area contributed by atoms with E-state index >= 15 is 0 Å². The molecule has 0 aliphatic heterocycles. The summed E-state index contributed by atoms with van der Waals surface area (Å²) in [6.45, 7) is 16.9. The van der Waals surface area contributed by atoms with Crippen molar-refractivity contribution in [2.45, 2.75) is 86.5 Å². The van der Waals surface area contributed by atoms with Crippen molar-refractivity contribution in [3.8, 4) is 0 Å². The van der Waals surface area contributed by atoms with E-state index in [0.717, 1.165) is 12.8 Å². The zero-order valence-corrected chi connectivity index (χ0v) is 17.2. The average Bonchev–Trinajstić information content (AvgIpc) is 2.73. The Hall–Kier alpha value is 0.0743. The Morgan fingerprint density at radius 3 is 1.68 bits per heavy atom. The van der Waals surface area contributed by atoms with Crippen molar-refractivity contribution in [1.82, 2.24) is 0 Å². The van der Waals surface area contributed by atoms with Gasteiger partial charge >= 0.3 is 142 Å². The van der Waals surface area contributed by atoms with E-state index in [9.17, 15) is 0 Å². The van der Waals surface area contributed by atoms with E-state index in [2.05, 4.69) is 67.5 Å². The minimum absolute atomic E-state index is 0.103. The van der Waals surface area contributed by atoms with E-state index in [1.165, 1.54) is 9.45 Å². The van der Waals surface area contributed by atoms with Crippen molar-refractivity contribution in [3.05, 3.63) is 21.6 Å². The first kappa shape index (κ1) is 20.1. The maximum atomic E-state index is 6.40. The Morgan fingerprint density at radius 1 is 0.864 bits per heavy atom. The Morgan fingerprint density at radius 2 is 1.32 bits per heavy atom. The zero-order chi connectivity index (χ0) is 16.9. The predicted octanol–water partition coefficient (Wildman–Crippen LogP) is 5.42. The standard InChI is InChI=1S/C9H13.3C3H7O.Ti/c1-8(2)7-9-5-3-4-6-9;3*1-3(2)4;/h3,5,8H,4,7H2,1-2H3;3*3H,1-2H3;/q;3*-1;+3. The molecule has 0 fully saturated rings. The minimum atomic E-state index is -3.49. The third-order valence-corrected chi connectivity index (χ3v) is 8.84. The van der Waals surface area contributed by atoms with Gasteiger partial charge < -0.3 is 0 Å². The molecular weight excluding hydrogens is 312 g/mol. The molecule has 128 valence electrons. The van der Waals surface area contributed by atoms with Crippen LogP contribution in [0.1, 0.15) is 68.2 Å². The van der Waals surface area contributed by atoms with Gasteiger partial charge in [-0.25, -0.2) is 0 Å². The van der Waals surface area contributed by atoms with Crippen LogP contribution in [-0.2, 0) is 27.7 Å². The van der Waals surface area contributed by atoms with Crippen LogP contribution < -0.4 is 0 Å². The summed E-state index contributed by atoms with van der Waals surface area (Å²) in [5.74, 6) is 0.616. The summed E-state index contributed by atoms with van der Waals surface area (Å²) in [6, 6.07) is 0. The third kappa shape index (κ3) is 5.94. The van der Waals surface area contributed by atoms with Crippen molar-refractivity contribution in [3.63, 3.8) is 0 Å². The number of hydrogen-bond donors (Lipinski definition) is 0. The molecule has 1 aliphatic rings. The van der Waals surface area contributed by atoms with Crippen LogP contribution in [0.2, 0.25) is 0 Å². The van der Waals surface area contributed by atoms with E-state index in [1.54, 1.807) is 0 Å². The first-order valence-corrected chi connectivity index (χ1v) is 11.3. The van der Waals surface area contributed by atoms with Crippen LogP contribution in [0, 0.1) is 5.92 Å². The van der Waals surface area contributed by atoms with E-state index in [0.29, 0.717) is 5.92 Å². The number of hydrogen-bond acceptors (Lipinski definition) is 3. The molecule has 0 unspecified atom stereocenters. The Kier molecular flexibility index (Phi) is 8.04. The second-order valence-electron chi connectivity index (χ2n) is 7.26. The summed E-state index contributed by atoms with van der Waals surface area (Å²) in [7, 11) is 0. The molecule has 0 amide bonds. The van der Waals surface area contributed by atoms with Crippen LogP contribution >= 0.6 is 0 Å². The fourth-order valence-corrected chi connectivity index (χ4v) is 8.04. The molecule has 1 rings (SSSR count). The van der Waals surface area contributed by atoms with Crippen molar-refractivity contribution in [2.24, 2.45) is 5.92 Å². The molecule has 0 aromatic rings. The maximum absolute atomic E-state index is 6.40. The summed E-state index contributed by atoms with van der Waals surface area (Å²) in [6.07, 6.45) is 6.75. The van der Waals surface area contributed by atoms with Crippen molar-refractivity contribution < 1.29 is 27.7 Å². The van der Waals surface area contributed by atoms with Gasteiger partial charge in [0.15, 0.2) is 0 Å². The van der Waals surface area contributed by atoms with Crippen molar-refractivity contribution >= 4 is 0 Å². The van der Waals surface area contributed by atoms with Gasteiger partial charge in [-0.15, -0.1) is 0 Å². The van der Waals surface area contributed by atoms with Gasteiger partial charge in [-0.1, -0.05) is 0 Å². The SMILES string of the molecule is CC(C)CC1=[C]([Ti]([O]C(C)C)([O]C(C)C)[O]C(C)C)CC=C1. The van der Waals surface area contributed by atoms with Crippen LogP contribution in [0.15, 0.2) is 21.6 Å². The zero-order valence-electron chi connectivity index (χ0n) is 15.6. The molecule has 3 nitrogen and oxygen atoms in total. The molecule has 22 heavy (non-hydrogen) atoms. The summed E-state index contributed by atoms with van der Waals surface area (Å²) in [5, 5.41) is 0. The van der Waals surface area contributed by atoms with E-state index in [-0.39, 0.29) is 18.3 Å². The van der Waals surface area contributed by atoms with Crippen LogP contribution in [-0.4, -0.2) is 18.3 Å². The molecule has 0 heterocycles. The topological polar surface area (TPSA) is 27.7 Å². The molecule has 4 heteroatoms. The Bertz CT molecular complexity index is 382. The van der Waals surface area contributed by atoms with Gasteiger partial charge in [-0.05, 0) is 0 Å². The molecule has 0 radical (unpaired) electrons. The van der Waals surface area contributed by atoms with Crippen LogP contribution in [0.25, 0.3) is 0 Å². The van der Waals surface area contributed by atoms with Gasteiger partial charge in [0.05, 0.1) is 0 Å². The van der Waals surface area contributed by atoms with Gasteiger partial charge in [-0.3, -0.25) is 0 Å². The van der Waals surface area contributed by atoms with Gasteiger partial charge in [0.2, 0.25) is 0 Å². The summed E-state index contributed by atoms with van der Waals surface area (Å²) < 4.78 is 20.5. The van der Waals surface area contributed by atoms with Gasteiger partial charge in [-0.2, -0.15) is 0 Å². The quantitative estimate of drug-likeness (QED) is 0.522. The first-order chi connectivity index (χ1) is 10.2. The fraction of sp³-hybridized carbons (Fsp3) is 0.778. The fourth-order valence-electron chi connectivity index (χ4n) is 2.73. The number of allylic oxidation sites excluding steroid dienone is 4. The van der Waals surface area contributed by atoms with Crippen molar-refractivity contribution in [1.29, 1.82) is 0 Å². The summed E-state index contributed by atoms with van der Waals surface area (Å²) in [5.41, 5.74) is 1.37. The molecule has 0 atom stereocenters. The van der Waals surface area contributed by atoms with Gasteiger partial charge in [0, 0.05) is 0 Å². The Balaban J connectivity index is 3.26. The van der Waals surface area contributed by atoms with Crippen molar-refractivity contribution in [2.75, 3.05) is 0 Å². The number of rotatable bonds is 9. The van der Waals surface area contributed by atoms with Crippen LogP contribution in [0.4, 0.5) is 0 Å². The average molecular weight is 346 g/mol.